The molecule has 2 rings (SSSR count). The van der Waals surface area contributed by atoms with Gasteiger partial charge in [-0.25, -0.2) is 10.8 Å². The quantitative estimate of drug-likeness (QED) is 0.438. The first-order chi connectivity index (χ1) is 8.92. The number of hydrazine groups is 1. The molecule has 0 spiro atoms. The number of hydrogen-bond acceptors (Lipinski definition) is 6. The average Bonchev–Trinajstić information content (AvgIpc) is 2.68. The van der Waals surface area contributed by atoms with E-state index in [0.29, 0.717) is 5.82 Å². The van der Waals surface area contributed by atoms with Crippen molar-refractivity contribution in [2.24, 2.45) is 11.3 Å². The lowest BCUT2D eigenvalue weighted by Crippen LogP contribution is -2.31. The van der Waals surface area contributed by atoms with Crippen LogP contribution >= 0.6 is 0 Å². The second kappa shape index (κ2) is 5.00. The molecule has 1 aliphatic carbocycles. The van der Waals surface area contributed by atoms with Crippen molar-refractivity contribution in [1.29, 1.82) is 0 Å². The van der Waals surface area contributed by atoms with E-state index in [4.69, 9.17) is 5.84 Å². The van der Waals surface area contributed by atoms with Crippen molar-refractivity contribution in [1.82, 2.24) is 4.98 Å². The summed E-state index contributed by atoms with van der Waals surface area (Å²) in [7, 11) is 0. The molecule has 0 saturated heterocycles. The van der Waals surface area contributed by atoms with Gasteiger partial charge in [-0.15, -0.1) is 0 Å². The van der Waals surface area contributed by atoms with Crippen LogP contribution in [0.25, 0.3) is 0 Å². The van der Waals surface area contributed by atoms with Gasteiger partial charge in [-0.1, -0.05) is 20.3 Å². The Morgan fingerprint density at radius 2 is 2.16 bits per heavy atom. The van der Waals surface area contributed by atoms with Gasteiger partial charge in [0.15, 0.2) is 0 Å². The largest absolute Gasteiger partial charge is 0.367 e. The zero-order chi connectivity index (χ0) is 14.0. The maximum Gasteiger partial charge on any atom is 0.276 e. The summed E-state index contributed by atoms with van der Waals surface area (Å²) in [6.45, 7) is 4.38. The van der Waals surface area contributed by atoms with E-state index in [1.165, 1.54) is 12.1 Å². The fraction of sp³-hybridized carbons (Fsp3) is 0.583. The maximum atomic E-state index is 10.9. The lowest BCUT2D eigenvalue weighted by molar-refractivity contribution is -0.384. The molecule has 1 aromatic rings. The number of rotatable bonds is 4. The van der Waals surface area contributed by atoms with Gasteiger partial charge < -0.3 is 10.7 Å². The molecule has 0 aromatic carbocycles. The van der Waals surface area contributed by atoms with Crippen LogP contribution in [0.5, 0.6) is 0 Å². The third kappa shape index (κ3) is 2.93. The molecule has 1 unspecified atom stereocenters. The highest BCUT2D eigenvalue weighted by Gasteiger charge is 2.34. The SMILES string of the molecule is CC1(C)CCCC1Nc1cc([N+](=O)[O-])cc(NN)n1. The second-order valence-electron chi connectivity index (χ2n) is 5.58. The van der Waals surface area contributed by atoms with Crippen LogP contribution in [0.3, 0.4) is 0 Å². The number of nitrogens with two attached hydrogens (primary N) is 1. The minimum Gasteiger partial charge on any atom is -0.367 e. The number of pyridine rings is 1. The third-order valence-corrected chi connectivity index (χ3v) is 3.75. The van der Waals surface area contributed by atoms with E-state index in [0.717, 1.165) is 19.3 Å². The molecule has 19 heavy (non-hydrogen) atoms. The topological polar surface area (TPSA) is 106 Å². The first-order valence-corrected chi connectivity index (χ1v) is 6.32. The molecule has 1 saturated carbocycles. The van der Waals surface area contributed by atoms with Crippen LogP contribution in [0.1, 0.15) is 33.1 Å². The number of aromatic nitrogens is 1. The number of hydrogen-bond donors (Lipinski definition) is 3. The van der Waals surface area contributed by atoms with Gasteiger partial charge >= 0.3 is 0 Å². The Labute approximate surface area is 111 Å². The summed E-state index contributed by atoms with van der Waals surface area (Å²) in [6.07, 6.45) is 3.34. The highest BCUT2D eigenvalue weighted by Crippen LogP contribution is 2.39. The summed E-state index contributed by atoms with van der Waals surface area (Å²) >= 11 is 0. The molecule has 4 N–H and O–H groups in total. The van der Waals surface area contributed by atoms with Gasteiger partial charge in [0, 0.05) is 6.04 Å². The van der Waals surface area contributed by atoms with Crippen molar-refractivity contribution in [2.75, 3.05) is 10.7 Å². The zero-order valence-electron chi connectivity index (χ0n) is 11.1. The predicted molar refractivity (Wildman–Crippen MR) is 73.7 cm³/mol. The van der Waals surface area contributed by atoms with E-state index in [1.54, 1.807) is 0 Å². The van der Waals surface area contributed by atoms with Crippen LogP contribution in [-0.2, 0) is 0 Å². The molecule has 0 aliphatic heterocycles. The van der Waals surface area contributed by atoms with Crippen molar-refractivity contribution in [2.45, 2.75) is 39.2 Å². The summed E-state index contributed by atoms with van der Waals surface area (Å²) in [5.74, 6) is 6.06. The maximum absolute atomic E-state index is 10.9. The number of nitro groups is 1. The molecule has 1 aliphatic rings. The van der Waals surface area contributed by atoms with Gasteiger partial charge in [0.05, 0.1) is 17.1 Å². The fourth-order valence-corrected chi connectivity index (χ4v) is 2.54. The number of anilines is 2. The molecule has 1 aromatic heterocycles. The van der Waals surface area contributed by atoms with Crippen LogP contribution in [0.15, 0.2) is 12.1 Å². The molecule has 0 bridgehead atoms. The fourth-order valence-electron chi connectivity index (χ4n) is 2.54. The van der Waals surface area contributed by atoms with E-state index < -0.39 is 4.92 Å². The van der Waals surface area contributed by atoms with Gasteiger partial charge in [-0.3, -0.25) is 10.1 Å². The third-order valence-electron chi connectivity index (χ3n) is 3.75. The molecule has 1 atom stereocenters. The minimum absolute atomic E-state index is 0.0266. The van der Waals surface area contributed by atoms with E-state index in [9.17, 15) is 10.1 Å². The summed E-state index contributed by atoms with van der Waals surface area (Å²) in [5, 5.41) is 14.2. The van der Waals surface area contributed by atoms with Gasteiger partial charge in [-0.2, -0.15) is 0 Å². The van der Waals surface area contributed by atoms with Gasteiger partial charge in [0.1, 0.15) is 11.6 Å². The van der Waals surface area contributed by atoms with Gasteiger partial charge in [0.2, 0.25) is 0 Å². The standard InChI is InChI=1S/C12H19N5O2/c1-12(2)5-3-4-9(12)14-10-6-8(17(18)19)7-11(15-10)16-13/h6-7,9H,3-5,13H2,1-2H3,(H2,14,15,16). The molecule has 1 heterocycles. The van der Waals surface area contributed by atoms with Crippen LogP contribution in [0, 0.1) is 15.5 Å². The predicted octanol–water partition coefficient (Wildman–Crippen LogP) is 2.27. The van der Waals surface area contributed by atoms with E-state index in [2.05, 4.69) is 29.6 Å². The Balaban J connectivity index is 2.24. The van der Waals surface area contributed by atoms with Crippen molar-refractivity contribution < 1.29 is 4.92 Å². The first kappa shape index (κ1) is 13.5. The molecule has 7 heteroatoms. The molecule has 1 fully saturated rings. The Bertz CT molecular complexity index is 489. The van der Waals surface area contributed by atoms with Crippen LogP contribution < -0.4 is 16.6 Å². The van der Waals surface area contributed by atoms with Crippen molar-refractivity contribution in [3.8, 4) is 0 Å². The van der Waals surface area contributed by atoms with Crippen molar-refractivity contribution in [3.05, 3.63) is 22.2 Å². The van der Waals surface area contributed by atoms with Crippen LogP contribution in [-0.4, -0.2) is 15.9 Å². The summed E-state index contributed by atoms with van der Waals surface area (Å²) in [5.41, 5.74) is 2.50. The van der Waals surface area contributed by atoms with Gasteiger partial charge in [0.25, 0.3) is 5.69 Å². The highest BCUT2D eigenvalue weighted by molar-refractivity contribution is 5.54. The molecular weight excluding hydrogens is 246 g/mol. The second-order valence-corrected chi connectivity index (χ2v) is 5.58. The molecule has 0 amide bonds. The number of nitrogens with one attached hydrogen (secondary N) is 2. The zero-order valence-corrected chi connectivity index (χ0v) is 11.1. The summed E-state index contributed by atoms with van der Waals surface area (Å²) in [6, 6.07) is 3.02. The lowest BCUT2D eigenvalue weighted by Gasteiger charge is -2.28. The highest BCUT2D eigenvalue weighted by atomic mass is 16.6. The molecule has 7 nitrogen and oxygen atoms in total. The lowest BCUT2D eigenvalue weighted by atomic mass is 9.87. The van der Waals surface area contributed by atoms with E-state index in [-0.39, 0.29) is 23.0 Å². The minimum atomic E-state index is -0.451. The van der Waals surface area contributed by atoms with E-state index in [1.807, 2.05) is 0 Å². The smallest absolute Gasteiger partial charge is 0.276 e. The Hall–Kier alpha value is -1.89. The Morgan fingerprint density at radius 3 is 2.68 bits per heavy atom. The first-order valence-electron chi connectivity index (χ1n) is 6.32. The van der Waals surface area contributed by atoms with Crippen LogP contribution in [0.4, 0.5) is 17.3 Å². The van der Waals surface area contributed by atoms with E-state index >= 15 is 0 Å². The summed E-state index contributed by atoms with van der Waals surface area (Å²) < 4.78 is 0. The normalized spacial score (nSPS) is 21.1. The molecule has 104 valence electrons. The van der Waals surface area contributed by atoms with Gasteiger partial charge in [-0.05, 0) is 18.3 Å². The summed E-state index contributed by atoms with van der Waals surface area (Å²) in [4.78, 5) is 14.6. The van der Waals surface area contributed by atoms with Crippen LogP contribution in [0.2, 0.25) is 0 Å². The Morgan fingerprint density at radius 1 is 1.47 bits per heavy atom. The monoisotopic (exact) mass is 265 g/mol. The average molecular weight is 265 g/mol. The number of nitrogens with zero attached hydrogens (tertiary/aromatic N) is 2. The number of nitrogen functional groups attached to an aromatic ring is 1. The molecular formula is C12H19N5O2. The van der Waals surface area contributed by atoms with Crippen molar-refractivity contribution >= 4 is 17.3 Å². The van der Waals surface area contributed by atoms with Crippen molar-refractivity contribution in [3.63, 3.8) is 0 Å². The Kier molecular flexibility index (Phi) is 3.57. The molecule has 0 radical (unpaired) electrons.